The Balaban J connectivity index is 2.02. The van der Waals surface area contributed by atoms with Crippen molar-refractivity contribution in [2.75, 3.05) is 18.6 Å². The van der Waals surface area contributed by atoms with E-state index in [1.54, 1.807) is 6.92 Å². The number of sulfone groups is 1. The summed E-state index contributed by atoms with van der Waals surface area (Å²) >= 11 is 0. The molecule has 1 heterocycles. The first-order valence-corrected chi connectivity index (χ1v) is 8.70. The number of carbonyl (C=O) groups is 1. The van der Waals surface area contributed by atoms with Gasteiger partial charge in [-0.3, -0.25) is 0 Å². The molecule has 1 saturated heterocycles. The van der Waals surface area contributed by atoms with E-state index in [0.717, 1.165) is 12.1 Å². The van der Waals surface area contributed by atoms with Crippen LogP contribution in [0.2, 0.25) is 0 Å². The Bertz CT molecular complexity index is 679. The predicted molar refractivity (Wildman–Crippen MR) is 78.1 cm³/mol. The van der Waals surface area contributed by atoms with E-state index in [-0.39, 0.29) is 11.5 Å². The van der Waals surface area contributed by atoms with Crippen LogP contribution in [0.3, 0.4) is 0 Å². The van der Waals surface area contributed by atoms with Crippen LogP contribution in [-0.4, -0.2) is 43.9 Å². The Morgan fingerprint density at radius 3 is 2.59 bits per heavy atom. The Morgan fingerprint density at radius 1 is 1.36 bits per heavy atom. The average Bonchev–Trinajstić information content (AvgIpc) is 2.79. The van der Waals surface area contributed by atoms with Gasteiger partial charge in [0, 0.05) is 13.1 Å². The molecule has 1 N–H and O–H groups in total. The molecule has 0 saturated carbocycles. The summed E-state index contributed by atoms with van der Waals surface area (Å²) in [6, 6.07) is 2.14. The van der Waals surface area contributed by atoms with Crippen molar-refractivity contribution in [1.29, 1.82) is 0 Å². The summed E-state index contributed by atoms with van der Waals surface area (Å²) < 4.78 is 48.9. The van der Waals surface area contributed by atoms with Crippen LogP contribution < -0.4 is 5.32 Å². The van der Waals surface area contributed by atoms with Crippen LogP contribution in [0.15, 0.2) is 18.2 Å². The number of nitrogens with one attached hydrogen (secondary N) is 1. The molecule has 122 valence electrons. The molecule has 1 aliphatic rings. The Labute approximate surface area is 128 Å². The standard InChI is InChI=1S/C14H18F2N2O3S/c1-9(10-3-4-12(15)13(16)7-10)18(2)14(19)17-11-5-6-22(20,21)8-11/h3-4,7,9,11H,5-6,8H2,1-2H3,(H,17,19)/t9-,11-/m1/s1. The van der Waals surface area contributed by atoms with Gasteiger partial charge in [-0.05, 0) is 31.0 Å². The minimum absolute atomic E-state index is 0.0634. The molecule has 22 heavy (non-hydrogen) atoms. The van der Waals surface area contributed by atoms with Crippen LogP contribution in [0.5, 0.6) is 0 Å². The molecule has 2 atom stereocenters. The van der Waals surface area contributed by atoms with E-state index in [2.05, 4.69) is 5.32 Å². The first-order chi connectivity index (χ1) is 10.2. The highest BCUT2D eigenvalue weighted by atomic mass is 32.2. The predicted octanol–water partition coefficient (Wildman–Crippen LogP) is 1.85. The maximum absolute atomic E-state index is 13.3. The summed E-state index contributed by atoms with van der Waals surface area (Å²) in [5, 5.41) is 2.65. The van der Waals surface area contributed by atoms with Gasteiger partial charge in [0.15, 0.2) is 21.5 Å². The second kappa shape index (κ2) is 6.20. The lowest BCUT2D eigenvalue weighted by Gasteiger charge is -2.27. The first-order valence-electron chi connectivity index (χ1n) is 6.88. The lowest BCUT2D eigenvalue weighted by Crippen LogP contribution is -2.44. The van der Waals surface area contributed by atoms with Crippen molar-refractivity contribution in [3.8, 4) is 0 Å². The lowest BCUT2D eigenvalue weighted by atomic mass is 10.1. The second-order valence-electron chi connectivity index (χ2n) is 5.51. The minimum atomic E-state index is -3.07. The number of nitrogens with zero attached hydrogens (tertiary/aromatic N) is 1. The summed E-state index contributed by atoms with van der Waals surface area (Å²) in [7, 11) is -1.56. The molecule has 5 nitrogen and oxygen atoms in total. The molecule has 8 heteroatoms. The van der Waals surface area contributed by atoms with Gasteiger partial charge in [-0.15, -0.1) is 0 Å². The zero-order chi connectivity index (χ0) is 16.5. The molecule has 1 fully saturated rings. The SMILES string of the molecule is C[C@H](c1ccc(F)c(F)c1)N(C)C(=O)N[C@@H]1CCS(=O)(=O)C1. The first kappa shape index (κ1) is 16.7. The number of carbonyl (C=O) groups excluding carboxylic acids is 1. The van der Waals surface area contributed by atoms with Gasteiger partial charge in [-0.2, -0.15) is 0 Å². The largest absolute Gasteiger partial charge is 0.334 e. The Hall–Kier alpha value is -1.70. The van der Waals surface area contributed by atoms with Crippen LogP contribution in [0.25, 0.3) is 0 Å². The number of hydrogen-bond acceptors (Lipinski definition) is 3. The van der Waals surface area contributed by atoms with E-state index in [9.17, 15) is 22.0 Å². The van der Waals surface area contributed by atoms with E-state index < -0.39 is 39.6 Å². The number of rotatable bonds is 3. The third-order valence-corrected chi connectivity index (χ3v) is 5.66. The molecule has 0 unspecified atom stereocenters. The number of benzene rings is 1. The fourth-order valence-electron chi connectivity index (χ4n) is 2.36. The third kappa shape index (κ3) is 3.73. The van der Waals surface area contributed by atoms with E-state index >= 15 is 0 Å². The van der Waals surface area contributed by atoms with Crippen molar-refractivity contribution < 1.29 is 22.0 Å². The molecule has 1 aromatic carbocycles. The van der Waals surface area contributed by atoms with Gasteiger partial charge in [0.1, 0.15) is 0 Å². The topological polar surface area (TPSA) is 66.5 Å². The van der Waals surface area contributed by atoms with Gasteiger partial charge in [0.2, 0.25) is 0 Å². The van der Waals surface area contributed by atoms with Gasteiger partial charge in [0.05, 0.1) is 17.5 Å². The van der Waals surface area contributed by atoms with Crippen molar-refractivity contribution in [2.45, 2.75) is 25.4 Å². The highest BCUT2D eigenvalue weighted by Crippen LogP contribution is 2.21. The highest BCUT2D eigenvalue weighted by Gasteiger charge is 2.30. The number of amides is 2. The van der Waals surface area contributed by atoms with Crippen LogP contribution in [0.1, 0.15) is 24.9 Å². The van der Waals surface area contributed by atoms with Crippen molar-refractivity contribution in [3.05, 3.63) is 35.4 Å². The van der Waals surface area contributed by atoms with Gasteiger partial charge < -0.3 is 10.2 Å². The molecular weight excluding hydrogens is 314 g/mol. The van der Waals surface area contributed by atoms with Gasteiger partial charge in [-0.1, -0.05) is 6.07 Å². The third-order valence-electron chi connectivity index (χ3n) is 3.89. The van der Waals surface area contributed by atoms with E-state index in [1.807, 2.05) is 0 Å². The van der Waals surface area contributed by atoms with Crippen LogP contribution in [-0.2, 0) is 9.84 Å². The van der Waals surface area contributed by atoms with Gasteiger partial charge in [-0.25, -0.2) is 22.0 Å². The maximum atomic E-state index is 13.3. The summed E-state index contributed by atoms with van der Waals surface area (Å²) in [6.07, 6.45) is 0.390. The minimum Gasteiger partial charge on any atom is -0.334 e. The molecule has 0 radical (unpaired) electrons. The van der Waals surface area contributed by atoms with Crippen molar-refractivity contribution in [2.24, 2.45) is 0 Å². The van der Waals surface area contributed by atoms with Crippen LogP contribution in [0.4, 0.5) is 13.6 Å². The van der Waals surface area contributed by atoms with Crippen molar-refractivity contribution >= 4 is 15.9 Å². The number of urea groups is 1. The Kier molecular flexibility index (Phi) is 4.69. The summed E-state index contributed by atoms with van der Waals surface area (Å²) in [5.74, 6) is -1.91. The molecule has 0 aliphatic carbocycles. The van der Waals surface area contributed by atoms with Gasteiger partial charge in [0.25, 0.3) is 0 Å². The van der Waals surface area contributed by atoms with E-state index in [1.165, 1.54) is 18.0 Å². The number of hydrogen-bond donors (Lipinski definition) is 1. The quantitative estimate of drug-likeness (QED) is 0.919. The molecule has 2 rings (SSSR count). The van der Waals surface area contributed by atoms with Crippen molar-refractivity contribution in [1.82, 2.24) is 10.2 Å². The highest BCUT2D eigenvalue weighted by molar-refractivity contribution is 7.91. The summed E-state index contributed by atoms with van der Waals surface area (Å²) in [6.45, 7) is 1.68. The molecule has 2 amide bonds. The molecule has 0 aromatic heterocycles. The van der Waals surface area contributed by atoms with E-state index in [0.29, 0.717) is 12.0 Å². The van der Waals surface area contributed by atoms with Crippen LogP contribution in [0, 0.1) is 11.6 Å². The fraction of sp³-hybridized carbons (Fsp3) is 0.500. The summed E-state index contributed by atoms with van der Waals surface area (Å²) in [5.41, 5.74) is 0.454. The van der Waals surface area contributed by atoms with E-state index in [4.69, 9.17) is 0 Å². The molecule has 0 spiro atoms. The lowest BCUT2D eigenvalue weighted by molar-refractivity contribution is 0.191. The summed E-state index contributed by atoms with van der Waals surface area (Å²) in [4.78, 5) is 13.5. The zero-order valence-electron chi connectivity index (χ0n) is 12.3. The smallest absolute Gasteiger partial charge is 0.317 e. The normalized spacial score (nSPS) is 21.4. The maximum Gasteiger partial charge on any atom is 0.317 e. The second-order valence-corrected chi connectivity index (χ2v) is 7.74. The molecular formula is C14H18F2N2O3S. The monoisotopic (exact) mass is 332 g/mol. The van der Waals surface area contributed by atoms with Gasteiger partial charge >= 0.3 is 6.03 Å². The molecule has 1 aliphatic heterocycles. The number of halogens is 2. The van der Waals surface area contributed by atoms with Crippen molar-refractivity contribution in [3.63, 3.8) is 0 Å². The Morgan fingerprint density at radius 2 is 2.05 bits per heavy atom. The molecule has 0 bridgehead atoms. The fourth-order valence-corrected chi connectivity index (χ4v) is 4.03. The molecule has 1 aromatic rings. The average molecular weight is 332 g/mol. The zero-order valence-corrected chi connectivity index (χ0v) is 13.2. The van der Waals surface area contributed by atoms with Crippen LogP contribution >= 0.6 is 0 Å².